The number of imide groups is 2. The van der Waals surface area contributed by atoms with Gasteiger partial charge in [0.15, 0.2) is 5.54 Å². The Morgan fingerprint density at radius 1 is 1.00 bits per heavy atom. The minimum atomic E-state index is -1.34. The number of nitrogens with zero attached hydrogens (tertiary/aromatic N) is 1. The highest BCUT2D eigenvalue weighted by Crippen LogP contribution is 2.32. The molecule has 0 aliphatic carbocycles. The molecule has 0 spiro atoms. The number of nitrogens with two attached hydrogens (primary N) is 1. The first-order chi connectivity index (χ1) is 12.9. The van der Waals surface area contributed by atoms with Gasteiger partial charge in [-0.15, -0.1) is 0 Å². The summed E-state index contributed by atoms with van der Waals surface area (Å²) in [6.07, 6.45) is 0.219. The summed E-state index contributed by atoms with van der Waals surface area (Å²) in [5, 5.41) is 4.59. The van der Waals surface area contributed by atoms with E-state index in [0.29, 0.717) is 5.56 Å². The minimum Gasteiger partial charge on any atom is -0.351 e. The molecule has 0 unspecified atom stereocenters. The Bertz CT molecular complexity index is 885. The van der Waals surface area contributed by atoms with E-state index in [9.17, 15) is 19.2 Å². The van der Waals surface area contributed by atoms with Gasteiger partial charge in [0.2, 0.25) is 5.91 Å². The van der Waals surface area contributed by atoms with Crippen LogP contribution in [0.25, 0.3) is 0 Å². The third-order valence-corrected chi connectivity index (χ3v) is 4.32. The Kier molecular flexibility index (Phi) is 4.89. The number of nitrogens with one attached hydrogen (secondary N) is 2. The summed E-state index contributed by atoms with van der Waals surface area (Å²) in [4.78, 5) is 49.1. The van der Waals surface area contributed by atoms with Gasteiger partial charge in [0, 0.05) is 6.42 Å². The molecule has 2 aromatic carbocycles. The number of carbonyl (C=O) groups excluding carboxylic acids is 4. The first kappa shape index (κ1) is 18.1. The molecule has 1 aliphatic rings. The number of rotatable bonds is 5. The van der Waals surface area contributed by atoms with Crippen LogP contribution in [0.15, 0.2) is 60.7 Å². The van der Waals surface area contributed by atoms with E-state index in [2.05, 4.69) is 5.32 Å². The molecule has 27 heavy (non-hydrogen) atoms. The minimum absolute atomic E-state index is 0.219. The number of carbonyl (C=O) groups is 4. The normalized spacial score (nSPS) is 18.9. The number of hydrogen-bond acceptors (Lipinski definition) is 4. The van der Waals surface area contributed by atoms with Crippen LogP contribution < -0.4 is 16.4 Å². The van der Waals surface area contributed by atoms with Gasteiger partial charge in [-0.25, -0.2) is 9.59 Å². The average Bonchev–Trinajstić information content (AvgIpc) is 2.88. The maximum atomic E-state index is 13.2. The molecule has 0 bridgehead atoms. The fourth-order valence-corrected chi connectivity index (χ4v) is 3.13. The molecule has 4 N–H and O–H groups in total. The Morgan fingerprint density at radius 2 is 1.59 bits per heavy atom. The fourth-order valence-electron chi connectivity index (χ4n) is 3.13. The molecule has 0 radical (unpaired) electrons. The van der Waals surface area contributed by atoms with Crippen LogP contribution in [0.4, 0.5) is 9.59 Å². The predicted molar refractivity (Wildman–Crippen MR) is 96.2 cm³/mol. The molecule has 1 heterocycles. The van der Waals surface area contributed by atoms with Crippen molar-refractivity contribution in [3.05, 3.63) is 71.8 Å². The molecule has 8 nitrogen and oxygen atoms in total. The molecule has 0 saturated carbocycles. The first-order valence-electron chi connectivity index (χ1n) is 8.25. The molecular weight excluding hydrogens is 348 g/mol. The largest absolute Gasteiger partial charge is 0.351 e. The standard InChI is InChI=1S/C19H18N4O4/c20-17(26)21-15(24)12-23-16(25)19(22-18(23)27,14-9-5-2-6-10-14)11-13-7-3-1-4-8-13/h1-10H,11-12H2,(H,22,27)(H3,20,21,24,26)/t19-/m0/s1. The van der Waals surface area contributed by atoms with Crippen LogP contribution in [-0.2, 0) is 21.5 Å². The van der Waals surface area contributed by atoms with Crippen LogP contribution in [0.5, 0.6) is 0 Å². The molecule has 1 saturated heterocycles. The molecule has 138 valence electrons. The lowest BCUT2D eigenvalue weighted by Gasteiger charge is -2.27. The number of primary amides is 1. The van der Waals surface area contributed by atoms with Crippen molar-refractivity contribution in [1.82, 2.24) is 15.5 Å². The molecule has 8 heteroatoms. The van der Waals surface area contributed by atoms with Gasteiger partial charge in [-0.05, 0) is 11.1 Å². The smallest absolute Gasteiger partial charge is 0.325 e. The monoisotopic (exact) mass is 366 g/mol. The van der Waals surface area contributed by atoms with E-state index in [-0.39, 0.29) is 6.42 Å². The van der Waals surface area contributed by atoms with Crippen molar-refractivity contribution >= 4 is 23.9 Å². The molecular formula is C19H18N4O4. The number of amides is 6. The summed E-state index contributed by atoms with van der Waals surface area (Å²) in [7, 11) is 0. The van der Waals surface area contributed by atoms with Crippen molar-refractivity contribution in [3.63, 3.8) is 0 Å². The highest BCUT2D eigenvalue weighted by molar-refractivity contribution is 6.10. The second kappa shape index (κ2) is 7.28. The molecule has 1 atom stereocenters. The van der Waals surface area contributed by atoms with E-state index in [0.717, 1.165) is 10.5 Å². The Labute approximate surface area is 155 Å². The van der Waals surface area contributed by atoms with Crippen molar-refractivity contribution in [2.75, 3.05) is 6.54 Å². The molecule has 1 fully saturated rings. The zero-order valence-electron chi connectivity index (χ0n) is 14.3. The molecule has 2 aromatic rings. The van der Waals surface area contributed by atoms with Gasteiger partial charge in [0.1, 0.15) is 6.54 Å². The topological polar surface area (TPSA) is 122 Å². The lowest BCUT2D eigenvalue weighted by Crippen LogP contribution is -2.47. The average molecular weight is 366 g/mol. The number of benzene rings is 2. The maximum Gasteiger partial charge on any atom is 0.325 e. The number of hydrogen-bond donors (Lipinski definition) is 3. The SMILES string of the molecule is NC(=O)NC(=O)CN1C(=O)N[C@@](Cc2ccccc2)(c2ccccc2)C1=O. The third kappa shape index (κ3) is 3.64. The van der Waals surface area contributed by atoms with E-state index >= 15 is 0 Å². The summed E-state index contributed by atoms with van der Waals surface area (Å²) in [6.45, 7) is -0.600. The van der Waals surface area contributed by atoms with E-state index in [4.69, 9.17) is 5.73 Å². The first-order valence-corrected chi connectivity index (χ1v) is 8.25. The Balaban J connectivity index is 1.96. The summed E-state index contributed by atoms with van der Waals surface area (Å²) in [6, 6.07) is 16.3. The van der Waals surface area contributed by atoms with E-state index < -0.39 is 36.0 Å². The van der Waals surface area contributed by atoms with Crippen molar-refractivity contribution in [2.24, 2.45) is 5.73 Å². The van der Waals surface area contributed by atoms with Crippen LogP contribution >= 0.6 is 0 Å². The quantitative estimate of drug-likeness (QED) is 0.680. The van der Waals surface area contributed by atoms with Gasteiger partial charge in [0.05, 0.1) is 0 Å². The molecule has 1 aliphatic heterocycles. The maximum absolute atomic E-state index is 13.2. The van der Waals surface area contributed by atoms with Gasteiger partial charge >= 0.3 is 12.1 Å². The Morgan fingerprint density at radius 3 is 2.19 bits per heavy atom. The van der Waals surface area contributed by atoms with E-state index in [1.54, 1.807) is 30.3 Å². The fraction of sp³-hybridized carbons (Fsp3) is 0.158. The van der Waals surface area contributed by atoms with E-state index in [1.807, 2.05) is 35.6 Å². The Hall–Kier alpha value is -3.68. The summed E-state index contributed by atoms with van der Waals surface area (Å²) < 4.78 is 0. The zero-order chi connectivity index (χ0) is 19.4. The van der Waals surface area contributed by atoms with Crippen LogP contribution in [0.2, 0.25) is 0 Å². The highest BCUT2D eigenvalue weighted by atomic mass is 16.2. The van der Waals surface area contributed by atoms with Gasteiger partial charge in [-0.2, -0.15) is 0 Å². The van der Waals surface area contributed by atoms with Crippen molar-refractivity contribution in [1.29, 1.82) is 0 Å². The molecule has 0 aromatic heterocycles. The summed E-state index contributed by atoms with van der Waals surface area (Å²) in [5.74, 6) is -1.41. The third-order valence-electron chi connectivity index (χ3n) is 4.32. The second-order valence-electron chi connectivity index (χ2n) is 6.17. The molecule has 3 rings (SSSR count). The van der Waals surface area contributed by atoms with E-state index in [1.165, 1.54) is 0 Å². The van der Waals surface area contributed by atoms with Crippen molar-refractivity contribution in [2.45, 2.75) is 12.0 Å². The summed E-state index contributed by atoms with van der Waals surface area (Å²) in [5.41, 5.74) is 5.02. The van der Waals surface area contributed by atoms with Crippen LogP contribution in [0.3, 0.4) is 0 Å². The predicted octanol–water partition coefficient (Wildman–Crippen LogP) is 0.871. The van der Waals surface area contributed by atoms with Gasteiger partial charge in [-0.1, -0.05) is 60.7 Å². The van der Waals surface area contributed by atoms with Crippen molar-refractivity contribution in [3.8, 4) is 0 Å². The lowest BCUT2D eigenvalue weighted by molar-refractivity contribution is -0.135. The van der Waals surface area contributed by atoms with Crippen LogP contribution in [0.1, 0.15) is 11.1 Å². The zero-order valence-corrected chi connectivity index (χ0v) is 14.3. The van der Waals surface area contributed by atoms with Gasteiger partial charge < -0.3 is 11.1 Å². The van der Waals surface area contributed by atoms with Crippen molar-refractivity contribution < 1.29 is 19.2 Å². The van der Waals surface area contributed by atoms with Crippen LogP contribution in [-0.4, -0.2) is 35.3 Å². The molecule has 6 amide bonds. The number of urea groups is 2. The highest BCUT2D eigenvalue weighted by Gasteiger charge is 2.52. The lowest BCUT2D eigenvalue weighted by atomic mass is 9.83. The van der Waals surface area contributed by atoms with Crippen LogP contribution in [0, 0.1) is 0 Å². The summed E-state index contributed by atoms with van der Waals surface area (Å²) >= 11 is 0. The van der Waals surface area contributed by atoms with Gasteiger partial charge in [-0.3, -0.25) is 19.8 Å². The second-order valence-corrected chi connectivity index (χ2v) is 6.17. The van der Waals surface area contributed by atoms with Gasteiger partial charge in [0.25, 0.3) is 5.91 Å².